The van der Waals surface area contributed by atoms with Crippen molar-refractivity contribution in [2.45, 2.75) is 32.9 Å². The highest BCUT2D eigenvalue weighted by Gasteiger charge is 2.09. The SMILES string of the molecule is CCC(NCc1ccc(C)s1)c1ccc(O)cc1. The van der Waals surface area contributed by atoms with E-state index in [1.807, 2.05) is 23.5 Å². The molecular weight excluding hydrogens is 242 g/mol. The normalized spacial score (nSPS) is 12.6. The highest BCUT2D eigenvalue weighted by atomic mass is 32.1. The molecule has 0 fully saturated rings. The van der Waals surface area contributed by atoms with Gasteiger partial charge >= 0.3 is 0 Å². The second-order valence-corrected chi connectivity index (χ2v) is 5.82. The molecule has 2 nitrogen and oxygen atoms in total. The number of aromatic hydroxyl groups is 1. The first-order valence-corrected chi connectivity index (χ1v) is 7.08. The van der Waals surface area contributed by atoms with Gasteiger partial charge in [-0.2, -0.15) is 0 Å². The lowest BCUT2D eigenvalue weighted by molar-refractivity contribution is 0.473. The van der Waals surface area contributed by atoms with Gasteiger partial charge < -0.3 is 10.4 Å². The van der Waals surface area contributed by atoms with Gasteiger partial charge in [0.1, 0.15) is 5.75 Å². The van der Waals surface area contributed by atoms with Crippen molar-refractivity contribution in [1.29, 1.82) is 0 Å². The lowest BCUT2D eigenvalue weighted by Gasteiger charge is -2.17. The molecule has 1 aromatic carbocycles. The molecule has 0 radical (unpaired) electrons. The predicted molar refractivity (Wildman–Crippen MR) is 77.0 cm³/mol. The minimum Gasteiger partial charge on any atom is -0.508 e. The molecule has 2 rings (SSSR count). The summed E-state index contributed by atoms with van der Waals surface area (Å²) in [6.07, 6.45) is 1.04. The molecule has 0 spiro atoms. The molecule has 1 heterocycles. The molecule has 2 N–H and O–H groups in total. The summed E-state index contributed by atoms with van der Waals surface area (Å²) in [4.78, 5) is 2.72. The number of phenolic OH excluding ortho intramolecular Hbond substituents is 1. The molecule has 1 atom stereocenters. The van der Waals surface area contributed by atoms with Crippen LogP contribution < -0.4 is 5.32 Å². The van der Waals surface area contributed by atoms with Gasteiger partial charge in [-0.1, -0.05) is 19.1 Å². The number of benzene rings is 1. The van der Waals surface area contributed by atoms with Crippen molar-refractivity contribution in [3.63, 3.8) is 0 Å². The molecule has 0 aliphatic rings. The highest BCUT2D eigenvalue weighted by molar-refractivity contribution is 7.11. The number of hydrogen-bond donors (Lipinski definition) is 2. The maximum absolute atomic E-state index is 9.30. The van der Waals surface area contributed by atoms with Gasteiger partial charge in [0.2, 0.25) is 0 Å². The third-order valence-corrected chi connectivity index (χ3v) is 4.02. The second kappa shape index (κ2) is 6.03. The predicted octanol–water partition coefficient (Wildman–Crippen LogP) is 4.00. The summed E-state index contributed by atoms with van der Waals surface area (Å²) in [6, 6.07) is 12.1. The molecule has 0 aliphatic heterocycles. The minimum atomic E-state index is 0.322. The standard InChI is InChI=1S/C15H19NOS/c1-3-15(12-5-7-13(17)8-6-12)16-10-14-9-4-11(2)18-14/h4-9,15-17H,3,10H2,1-2H3. The molecule has 96 valence electrons. The lowest BCUT2D eigenvalue weighted by Crippen LogP contribution is -2.19. The van der Waals surface area contributed by atoms with E-state index in [0.29, 0.717) is 11.8 Å². The number of thiophene rings is 1. The van der Waals surface area contributed by atoms with E-state index in [0.717, 1.165) is 13.0 Å². The zero-order valence-corrected chi connectivity index (χ0v) is 11.6. The fourth-order valence-electron chi connectivity index (χ4n) is 2.01. The van der Waals surface area contributed by atoms with E-state index in [4.69, 9.17) is 0 Å². The van der Waals surface area contributed by atoms with Crippen LogP contribution in [0.3, 0.4) is 0 Å². The molecule has 18 heavy (non-hydrogen) atoms. The topological polar surface area (TPSA) is 32.3 Å². The minimum absolute atomic E-state index is 0.322. The van der Waals surface area contributed by atoms with Crippen LogP contribution in [0.1, 0.15) is 34.7 Å². The summed E-state index contributed by atoms with van der Waals surface area (Å²) >= 11 is 1.84. The summed E-state index contributed by atoms with van der Waals surface area (Å²) in [5.74, 6) is 0.322. The lowest BCUT2D eigenvalue weighted by atomic mass is 10.0. The number of nitrogens with one attached hydrogen (secondary N) is 1. The summed E-state index contributed by atoms with van der Waals surface area (Å²) < 4.78 is 0. The van der Waals surface area contributed by atoms with Crippen LogP contribution in [-0.4, -0.2) is 5.11 Å². The number of rotatable bonds is 5. The van der Waals surface area contributed by atoms with E-state index < -0.39 is 0 Å². The summed E-state index contributed by atoms with van der Waals surface area (Å²) in [5, 5.41) is 12.9. The Morgan fingerprint density at radius 1 is 1.17 bits per heavy atom. The van der Waals surface area contributed by atoms with Gasteiger partial charge in [-0.15, -0.1) is 11.3 Å². The Morgan fingerprint density at radius 3 is 2.44 bits per heavy atom. The van der Waals surface area contributed by atoms with Gasteiger partial charge in [0.05, 0.1) is 0 Å². The Balaban J connectivity index is 1.99. The molecule has 0 bridgehead atoms. The molecule has 1 unspecified atom stereocenters. The Kier molecular flexibility index (Phi) is 4.39. The van der Waals surface area contributed by atoms with Gasteiger partial charge in [0.25, 0.3) is 0 Å². The number of hydrogen-bond acceptors (Lipinski definition) is 3. The fourth-order valence-corrected chi connectivity index (χ4v) is 2.85. The second-order valence-electron chi connectivity index (χ2n) is 4.45. The molecule has 0 amide bonds. The monoisotopic (exact) mass is 261 g/mol. The van der Waals surface area contributed by atoms with Crippen LogP contribution in [-0.2, 0) is 6.54 Å². The average Bonchev–Trinajstić information content (AvgIpc) is 2.78. The van der Waals surface area contributed by atoms with Crippen molar-refractivity contribution in [3.8, 4) is 5.75 Å². The largest absolute Gasteiger partial charge is 0.508 e. The van der Waals surface area contributed by atoms with E-state index >= 15 is 0 Å². The maximum atomic E-state index is 9.30. The molecule has 0 saturated heterocycles. The summed E-state index contributed by atoms with van der Waals surface area (Å²) in [6.45, 7) is 5.20. The molecule has 3 heteroatoms. The van der Waals surface area contributed by atoms with Gasteiger partial charge in [0.15, 0.2) is 0 Å². The van der Waals surface area contributed by atoms with Crippen molar-refractivity contribution in [2.75, 3.05) is 0 Å². The van der Waals surface area contributed by atoms with Gasteiger partial charge in [-0.05, 0) is 43.2 Å². The fraction of sp³-hybridized carbons (Fsp3) is 0.333. The van der Waals surface area contributed by atoms with Crippen molar-refractivity contribution < 1.29 is 5.11 Å². The Labute approximate surface area is 112 Å². The van der Waals surface area contributed by atoms with E-state index in [-0.39, 0.29) is 0 Å². The van der Waals surface area contributed by atoms with Crippen LogP contribution in [0.25, 0.3) is 0 Å². The van der Waals surface area contributed by atoms with Gasteiger partial charge in [-0.3, -0.25) is 0 Å². The zero-order valence-electron chi connectivity index (χ0n) is 10.8. The maximum Gasteiger partial charge on any atom is 0.115 e. The van der Waals surface area contributed by atoms with Crippen molar-refractivity contribution >= 4 is 11.3 Å². The number of aryl methyl sites for hydroxylation is 1. The van der Waals surface area contributed by atoms with Crippen molar-refractivity contribution in [1.82, 2.24) is 5.32 Å². The molecule has 0 saturated carbocycles. The van der Waals surface area contributed by atoms with E-state index in [1.165, 1.54) is 15.3 Å². The average molecular weight is 261 g/mol. The Bertz CT molecular complexity index is 489. The van der Waals surface area contributed by atoms with Gasteiger partial charge in [-0.25, -0.2) is 0 Å². The molecule has 1 aromatic heterocycles. The first-order valence-electron chi connectivity index (χ1n) is 6.26. The third kappa shape index (κ3) is 3.34. The summed E-state index contributed by atoms with van der Waals surface area (Å²) in [5.41, 5.74) is 1.23. The van der Waals surface area contributed by atoms with Crippen LogP contribution in [0.4, 0.5) is 0 Å². The van der Waals surface area contributed by atoms with Crippen LogP contribution >= 0.6 is 11.3 Å². The van der Waals surface area contributed by atoms with Crippen molar-refractivity contribution in [2.24, 2.45) is 0 Å². The smallest absolute Gasteiger partial charge is 0.115 e. The van der Waals surface area contributed by atoms with Gasteiger partial charge in [0, 0.05) is 22.3 Å². The summed E-state index contributed by atoms with van der Waals surface area (Å²) in [7, 11) is 0. The van der Waals surface area contributed by atoms with E-state index in [9.17, 15) is 5.11 Å². The Hall–Kier alpha value is -1.32. The highest BCUT2D eigenvalue weighted by Crippen LogP contribution is 2.21. The van der Waals surface area contributed by atoms with E-state index in [1.54, 1.807) is 12.1 Å². The molecule has 0 aliphatic carbocycles. The van der Waals surface area contributed by atoms with E-state index in [2.05, 4.69) is 31.3 Å². The Morgan fingerprint density at radius 2 is 1.89 bits per heavy atom. The van der Waals surface area contributed by atoms with Crippen molar-refractivity contribution in [3.05, 3.63) is 51.7 Å². The van der Waals surface area contributed by atoms with Crippen LogP contribution in [0.2, 0.25) is 0 Å². The first kappa shape index (κ1) is 13.1. The van der Waals surface area contributed by atoms with Crippen LogP contribution in [0.15, 0.2) is 36.4 Å². The molecule has 2 aromatic rings. The number of phenols is 1. The molecular formula is C15H19NOS. The zero-order chi connectivity index (χ0) is 13.0. The third-order valence-electron chi connectivity index (χ3n) is 3.02. The quantitative estimate of drug-likeness (QED) is 0.852. The van der Waals surface area contributed by atoms with Crippen LogP contribution in [0, 0.1) is 6.92 Å². The van der Waals surface area contributed by atoms with Crippen LogP contribution in [0.5, 0.6) is 5.75 Å². The first-order chi connectivity index (χ1) is 8.69.